The van der Waals surface area contributed by atoms with Crippen molar-refractivity contribution >= 4 is 5.91 Å². The second-order valence-electron chi connectivity index (χ2n) is 8.00. The average molecular weight is 411 g/mol. The Kier molecular flexibility index (Phi) is 7.34. The fourth-order valence-corrected chi connectivity index (χ4v) is 4.16. The van der Waals surface area contributed by atoms with Crippen LogP contribution in [0, 0.1) is 0 Å². The van der Waals surface area contributed by atoms with Crippen molar-refractivity contribution in [2.75, 3.05) is 46.6 Å². The number of aliphatic hydroxyl groups is 1. The molecule has 3 aliphatic rings. The number of nitrogens with zero attached hydrogens (tertiary/aromatic N) is 2. The van der Waals surface area contributed by atoms with Gasteiger partial charge in [0.05, 0.1) is 32.5 Å². The van der Waals surface area contributed by atoms with Gasteiger partial charge in [0.25, 0.3) is 5.91 Å². The molecule has 1 fully saturated rings. The molecule has 0 saturated carbocycles. The van der Waals surface area contributed by atoms with Gasteiger partial charge < -0.3 is 19.3 Å². The first kappa shape index (κ1) is 22.2. The molecule has 1 N–H and O–H groups in total. The molecule has 1 amide bonds. The van der Waals surface area contributed by atoms with Crippen LogP contribution in [0.25, 0.3) is 0 Å². The summed E-state index contributed by atoms with van der Waals surface area (Å²) >= 11 is 0. The van der Waals surface area contributed by atoms with Gasteiger partial charge in [0.15, 0.2) is 5.76 Å². The molecule has 0 aliphatic carbocycles. The smallest absolute Gasteiger partial charge is 0.284 e. The third-order valence-corrected chi connectivity index (χ3v) is 5.92. The number of ether oxygens (including phenoxy) is 3. The van der Waals surface area contributed by atoms with Crippen LogP contribution in [0.1, 0.15) is 39.5 Å². The van der Waals surface area contributed by atoms with Crippen LogP contribution in [-0.4, -0.2) is 85.4 Å². The minimum absolute atomic E-state index is 0.288. The molecule has 29 heavy (non-hydrogen) atoms. The Morgan fingerprint density at radius 3 is 2.69 bits per heavy atom. The molecule has 0 bridgehead atoms. The zero-order chi connectivity index (χ0) is 21.0. The van der Waals surface area contributed by atoms with Gasteiger partial charge in [-0.15, -0.1) is 0 Å². The second-order valence-corrected chi connectivity index (χ2v) is 8.00. The van der Waals surface area contributed by atoms with Crippen LogP contribution in [0.4, 0.5) is 0 Å². The van der Waals surface area contributed by atoms with Gasteiger partial charge in [-0.05, 0) is 19.8 Å². The van der Waals surface area contributed by atoms with Crippen molar-refractivity contribution in [1.82, 2.24) is 9.96 Å². The average Bonchev–Trinajstić information content (AvgIpc) is 2.94. The fraction of sp³-hybridized carbons (Fsp3) is 0.762. The Morgan fingerprint density at radius 2 is 2.03 bits per heavy atom. The van der Waals surface area contributed by atoms with Crippen molar-refractivity contribution < 1.29 is 28.9 Å². The molecule has 0 aromatic carbocycles. The molecule has 0 spiro atoms. The molecule has 3 rings (SSSR count). The highest BCUT2D eigenvalue weighted by Gasteiger charge is 2.55. The number of unbranched alkanes of at least 4 members (excludes halogenated alkanes) is 2. The molecule has 0 aromatic heterocycles. The molecular formula is C21H34N2O6. The number of morpholine rings is 1. The third kappa shape index (κ3) is 4.51. The van der Waals surface area contributed by atoms with Crippen molar-refractivity contribution in [3.8, 4) is 0 Å². The van der Waals surface area contributed by atoms with Gasteiger partial charge in [-0.1, -0.05) is 26.3 Å². The Morgan fingerprint density at radius 1 is 1.31 bits per heavy atom. The lowest BCUT2D eigenvalue weighted by Gasteiger charge is -2.43. The number of hydrogen-bond acceptors (Lipinski definition) is 7. The Bertz CT molecular complexity index is 641. The number of carbonyl (C=O) groups is 1. The summed E-state index contributed by atoms with van der Waals surface area (Å²) in [6, 6.07) is 0. The largest absolute Gasteiger partial charge is 0.484 e. The number of rotatable bonds is 9. The maximum atomic E-state index is 12.9. The van der Waals surface area contributed by atoms with E-state index >= 15 is 0 Å². The number of carbonyl (C=O) groups excluding carboxylic acids is 1. The summed E-state index contributed by atoms with van der Waals surface area (Å²) in [4.78, 5) is 20.3. The molecule has 0 unspecified atom stereocenters. The third-order valence-electron chi connectivity index (χ3n) is 5.92. The van der Waals surface area contributed by atoms with E-state index in [9.17, 15) is 9.90 Å². The standard InChI is InChI=1S/C21H34N2O6/c1-5-6-7-8-16-21(3,25)19(28-14-11-22-9-12-27-13-10-22)17-18(29-16)15(2)23(26-4)20(17)24/h16,19,25H,2,5-14H2,1,3-4H3/t16-,19+,21-/m0/s1. The maximum Gasteiger partial charge on any atom is 0.284 e. The van der Waals surface area contributed by atoms with Gasteiger partial charge in [0.2, 0.25) is 0 Å². The first-order valence-electron chi connectivity index (χ1n) is 10.5. The molecule has 164 valence electrons. The lowest BCUT2D eigenvalue weighted by Crippen LogP contribution is -2.56. The molecule has 3 heterocycles. The highest BCUT2D eigenvalue weighted by atomic mass is 16.7. The van der Waals surface area contributed by atoms with Crippen LogP contribution in [-0.2, 0) is 23.8 Å². The molecule has 0 radical (unpaired) electrons. The van der Waals surface area contributed by atoms with E-state index in [0.717, 1.165) is 37.4 Å². The quantitative estimate of drug-likeness (QED) is 0.579. The first-order chi connectivity index (χ1) is 13.9. The summed E-state index contributed by atoms with van der Waals surface area (Å²) < 4.78 is 17.6. The first-order valence-corrected chi connectivity index (χ1v) is 10.5. The van der Waals surface area contributed by atoms with Crippen LogP contribution >= 0.6 is 0 Å². The predicted molar refractivity (Wildman–Crippen MR) is 107 cm³/mol. The summed E-state index contributed by atoms with van der Waals surface area (Å²) in [5.41, 5.74) is -0.696. The molecule has 1 saturated heterocycles. The van der Waals surface area contributed by atoms with Gasteiger partial charge in [-0.25, -0.2) is 0 Å². The predicted octanol–water partition coefficient (Wildman–Crippen LogP) is 1.61. The normalized spacial score (nSPS) is 30.7. The van der Waals surface area contributed by atoms with E-state index in [1.807, 2.05) is 0 Å². The Hall–Kier alpha value is -1.45. The van der Waals surface area contributed by atoms with Gasteiger partial charge in [-0.3, -0.25) is 14.5 Å². The van der Waals surface area contributed by atoms with E-state index in [0.29, 0.717) is 44.2 Å². The van der Waals surface area contributed by atoms with E-state index in [-0.39, 0.29) is 5.57 Å². The lowest BCUT2D eigenvalue weighted by molar-refractivity contribution is -0.171. The van der Waals surface area contributed by atoms with Gasteiger partial charge in [-0.2, -0.15) is 5.06 Å². The van der Waals surface area contributed by atoms with Crippen molar-refractivity contribution in [2.24, 2.45) is 0 Å². The maximum absolute atomic E-state index is 12.9. The molecule has 8 heteroatoms. The van der Waals surface area contributed by atoms with Crippen LogP contribution in [0.15, 0.2) is 23.6 Å². The van der Waals surface area contributed by atoms with E-state index < -0.39 is 23.7 Å². The van der Waals surface area contributed by atoms with E-state index in [2.05, 4.69) is 18.4 Å². The van der Waals surface area contributed by atoms with Crippen LogP contribution in [0.5, 0.6) is 0 Å². The molecule has 3 atom stereocenters. The summed E-state index contributed by atoms with van der Waals surface area (Å²) in [7, 11) is 1.41. The van der Waals surface area contributed by atoms with Crippen molar-refractivity contribution in [3.05, 3.63) is 23.6 Å². The van der Waals surface area contributed by atoms with Crippen LogP contribution in [0.3, 0.4) is 0 Å². The van der Waals surface area contributed by atoms with Crippen LogP contribution in [0.2, 0.25) is 0 Å². The van der Waals surface area contributed by atoms with Crippen molar-refractivity contribution in [1.29, 1.82) is 0 Å². The minimum atomic E-state index is -1.34. The van der Waals surface area contributed by atoms with E-state index in [4.69, 9.17) is 19.0 Å². The van der Waals surface area contributed by atoms with Crippen molar-refractivity contribution in [2.45, 2.75) is 57.3 Å². The summed E-state index contributed by atoms with van der Waals surface area (Å²) in [6.45, 7) is 12.0. The highest BCUT2D eigenvalue weighted by Crippen LogP contribution is 2.44. The zero-order valence-corrected chi connectivity index (χ0v) is 17.8. The number of amides is 1. The monoisotopic (exact) mass is 410 g/mol. The Labute approximate surface area is 173 Å². The number of hydrogen-bond donors (Lipinski definition) is 1. The summed E-state index contributed by atoms with van der Waals surface area (Å²) in [6.07, 6.45) is 2.44. The van der Waals surface area contributed by atoms with E-state index in [1.165, 1.54) is 7.11 Å². The SMILES string of the molecule is C=C1C2=C(C(=O)N1OC)[C@@H](OCCN1CCOCC1)[C@@](C)(O)[C@H](CCCCC)O2. The summed E-state index contributed by atoms with van der Waals surface area (Å²) in [5.74, 6) is -0.0163. The highest BCUT2D eigenvalue weighted by molar-refractivity contribution is 6.00. The minimum Gasteiger partial charge on any atom is -0.484 e. The Balaban J connectivity index is 1.78. The number of hydroxylamine groups is 2. The topological polar surface area (TPSA) is 80.7 Å². The summed E-state index contributed by atoms with van der Waals surface area (Å²) in [5, 5.41) is 12.5. The van der Waals surface area contributed by atoms with Gasteiger partial charge in [0.1, 0.15) is 23.5 Å². The molecule has 0 aromatic rings. The fourth-order valence-electron chi connectivity index (χ4n) is 4.16. The van der Waals surface area contributed by atoms with Crippen LogP contribution < -0.4 is 0 Å². The lowest BCUT2D eigenvalue weighted by atomic mass is 9.82. The van der Waals surface area contributed by atoms with Gasteiger partial charge >= 0.3 is 0 Å². The zero-order valence-electron chi connectivity index (χ0n) is 17.8. The van der Waals surface area contributed by atoms with Crippen molar-refractivity contribution in [3.63, 3.8) is 0 Å². The second kappa shape index (κ2) is 9.57. The molecule has 8 nitrogen and oxygen atoms in total. The van der Waals surface area contributed by atoms with E-state index in [1.54, 1.807) is 6.92 Å². The molecule has 3 aliphatic heterocycles. The molecular weight excluding hydrogens is 376 g/mol. The van der Waals surface area contributed by atoms with Gasteiger partial charge in [0, 0.05) is 19.6 Å².